The molecule has 23 heavy (non-hydrogen) atoms. The van der Waals surface area contributed by atoms with Crippen LogP contribution in [0.15, 0.2) is 48.5 Å². The first-order valence-electron chi connectivity index (χ1n) is 7.13. The zero-order chi connectivity index (χ0) is 16.9. The summed E-state index contributed by atoms with van der Waals surface area (Å²) in [6.45, 7) is 2.38. The summed E-state index contributed by atoms with van der Waals surface area (Å²) >= 11 is 0. The number of aryl methyl sites for hydroxylation is 1. The Morgan fingerprint density at radius 2 is 1.83 bits per heavy atom. The van der Waals surface area contributed by atoms with Crippen molar-refractivity contribution in [2.75, 3.05) is 11.9 Å². The molecule has 122 valence electrons. The van der Waals surface area contributed by atoms with Gasteiger partial charge in [-0.05, 0) is 42.7 Å². The molecule has 2 amide bonds. The zero-order valence-corrected chi connectivity index (χ0v) is 12.6. The maximum Gasteiger partial charge on any atom is 0.416 e. The molecule has 0 spiro atoms. The highest BCUT2D eigenvalue weighted by molar-refractivity contribution is 5.89. The van der Waals surface area contributed by atoms with E-state index in [1.807, 2.05) is 31.2 Å². The van der Waals surface area contributed by atoms with E-state index in [0.717, 1.165) is 23.3 Å². The van der Waals surface area contributed by atoms with Gasteiger partial charge in [0.1, 0.15) is 0 Å². The summed E-state index contributed by atoms with van der Waals surface area (Å²) in [5.74, 6) is 0. The number of anilines is 1. The second-order valence-electron chi connectivity index (χ2n) is 5.14. The minimum atomic E-state index is -4.43. The van der Waals surface area contributed by atoms with Gasteiger partial charge in [0.2, 0.25) is 0 Å². The molecule has 0 bridgehead atoms. The zero-order valence-electron chi connectivity index (χ0n) is 12.6. The van der Waals surface area contributed by atoms with Gasteiger partial charge in [0.25, 0.3) is 0 Å². The molecule has 2 aromatic rings. The standard InChI is InChI=1S/C17H17F3N2O/c1-12-5-2-3-6-13(12)9-10-21-16(23)22-15-8-4-7-14(11-15)17(18,19)20/h2-8,11H,9-10H2,1H3,(H2,21,22,23). The molecule has 0 atom stereocenters. The fourth-order valence-electron chi connectivity index (χ4n) is 2.15. The van der Waals surface area contributed by atoms with Gasteiger partial charge < -0.3 is 10.6 Å². The highest BCUT2D eigenvalue weighted by Crippen LogP contribution is 2.30. The van der Waals surface area contributed by atoms with Crippen LogP contribution in [-0.2, 0) is 12.6 Å². The van der Waals surface area contributed by atoms with Crippen LogP contribution >= 0.6 is 0 Å². The van der Waals surface area contributed by atoms with Crippen molar-refractivity contribution in [2.24, 2.45) is 0 Å². The molecule has 2 rings (SSSR count). The number of amides is 2. The van der Waals surface area contributed by atoms with E-state index in [0.29, 0.717) is 13.0 Å². The van der Waals surface area contributed by atoms with Gasteiger partial charge in [-0.1, -0.05) is 30.3 Å². The Labute approximate surface area is 132 Å². The van der Waals surface area contributed by atoms with Crippen LogP contribution in [0.2, 0.25) is 0 Å². The summed E-state index contributed by atoms with van der Waals surface area (Å²) in [7, 11) is 0. The number of alkyl halides is 3. The molecule has 0 heterocycles. The Balaban J connectivity index is 1.87. The fourth-order valence-corrected chi connectivity index (χ4v) is 2.15. The molecular weight excluding hydrogens is 305 g/mol. The second-order valence-corrected chi connectivity index (χ2v) is 5.14. The van der Waals surface area contributed by atoms with Crippen LogP contribution in [0.5, 0.6) is 0 Å². The number of rotatable bonds is 4. The largest absolute Gasteiger partial charge is 0.416 e. The molecule has 0 radical (unpaired) electrons. The van der Waals surface area contributed by atoms with Crippen LogP contribution in [0.4, 0.5) is 23.7 Å². The third kappa shape index (κ3) is 5.02. The Bertz CT molecular complexity index is 684. The van der Waals surface area contributed by atoms with Crippen molar-refractivity contribution >= 4 is 11.7 Å². The SMILES string of the molecule is Cc1ccccc1CCNC(=O)Nc1cccc(C(F)(F)F)c1. The molecule has 0 aliphatic rings. The van der Waals surface area contributed by atoms with Crippen molar-refractivity contribution in [3.05, 3.63) is 65.2 Å². The third-order valence-electron chi connectivity index (χ3n) is 3.39. The van der Waals surface area contributed by atoms with E-state index in [1.165, 1.54) is 12.1 Å². The quantitative estimate of drug-likeness (QED) is 0.862. The Morgan fingerprint density at radius 3 is 2.52 bits per heavy atom. The third-order valence-corrected chi connectivity index (χ3v) is 3.39. The van der Waals surface area contributed by atoms with Gasteiger partial charge in [0.15, 0.2) is 0 Å². The highest BCUT2D eigenvalue weighted by Gasteiger charge is 2.30. The van der Waals surface area contributed by atoms with Crippen molar-refractivity contribution in [1.29, 1.82) is 0 Å². The normalized spacial score (nSPS) is 11.1. The van der Waals surface area contributed by atoms with E-state index in [4.69, 9.17) is 0 Å². The van der Waals surface area contributed by atoms with Gasteiger partial charge >= 0.3 is 12.2 Å². The van der Waals surface area contributed by atoms with Crippen LogP contribution in [-0.4, -0.2) is 12.6 Å². The maximum atomic E-state index is 12.6. The lowest BCUT2D eigenvalue weighted by molar-refractivity contribution is -0.137. The minimum Gasteiger partial charge on any atom is -0.338 e. The van der Waals surface area contributed by atoms with Gasteiger partial charge in [-0.3, -0.25) is 0 Å². The van der Waals surface area contributed by atoms with Crippen molar-refractivity contribution in [3.63, 3.8) is 0 Å². The minimum absolute atomic E-state index is 0.105. The molecule has 0 aliphatic heterocycles. The monoisotopic (exact) mass is 322 g/mol. The van der Waals surface area contributed by atoms with E-state index in [1.54, 1.807) is 0 Å². The maximum absolute atomic E-state index is 12.6. The van der Waals surface area contributed by atoms with E-state index in [9.17, 15) is 18.0 Å². The fraction of sp³-hybridized carbons (Fsp3) is 0.235. The molecule has 0 aromatic heterocycles. The number of benzene rings is 2. The second kappa shape index (κ2) is 7.17. The first-order valence-corrected chi connectivity index (χ1v) is 7.13. The van der Waals surface area contributed by atoms with Gasteiger partial charge in [-0.2, -0.15) is 13.2 Å². The average Bonchev–Trinajstić information content (AvgIpc) is 2.48. The molecule has 0 saturated carbocycles. The lowest BCUT2D eigenvalue weighted by atomic mass is 10.1. The first-order chi connectivity index (χ1) is 10.9. The molecule has 0 saturated heterocycles. The summed E-state index contributed by atoms with van der Waals surface area (Å²) in [6.07, 6.45) is -3.78. The molecule has 2 N–H and O–H groups in total. The van der Waals surface area contributed by atoms with Crippen molar-refractivity contribution in [3.8, 4) is 0 Å². The predicted molar refractivity (Wildman–Crippen MR) is 83.3 cm³/mol. The van der Waals surface area contributed by atoms with Crippen LogP contribution in [0.25, 0.3) is 0 Å². The van der Waals surface area contributed by atoms with Crippen molar-refractivity contribution in [2.45, 2.75) is 19.5 Å². The number of hydrogen-bond donors (Lipinski definition) is 2. The number of halogens is 3. The summed E-state index contributed by atoms with van der Waals surface area (Å²) in [6, 6.07) is 11.8. The average molecular weight is 322 g/mol. The predicted octanol–water partition coefficient (Wildman–Crippen LogP) is 4.38. The molecule has 0 fully saturated rings. The van der Waals surface area contributed by atoms with Crippen molar-refractivity contribution in [1.82, 2.24) is 5.32 Å². The molecular formula is C17H17F3N2O. The Morgan fingerprint density at radius 1 is 1.09 bits per heavy atom. The van der Waals surface area contributed by atoms with Crippen molar-refractivity contribution < 1.29 is 18.0 Å². The van der Waals surface area contributed by atoms with Gasteiger partial charge in [0.05, 0.1) is 5.56 Å². The van der Waals surface area contributed by atoms with E-state index in [2.05, 4.69) is 10.6 Å². The van der Waals surface area contributed by atoms with Gasteiger partial charge in [-0.25, -0.2) is 4.79 Å². The van der Waals surface area contributed by atoms with Crippen LogP contribution in [0, 0.1) is 6.92 Å². The summed E-state index contributed by atoms with van der Waals surface area (Å²) in [5, 5.41) is 5.04. The van der Waals surface area contributed by atoms with E-state index in [-0.39, 0.29) is 5.69 Å². The van der Waals surface area contributed by atoms with Gasteiger partial charge in [-0.15, -0.1) is 0 Å². The Hall–Kier alpha value is -2.50. The highest BCUT2D eigenvalue weighted by atomic mass is 19.4. The number of carbonyl (C=O) groups is 1. The van der Waals surface area contributed by atoms with Crippen LogP contribution < -0.4 is 10.6 Å². The molecule has 0 unspecified atom stereocenters. The smallest absolute Gasteiger partial charge is 0.338 e. The first kappa shape index (κ1) is 16.9. The lowest BCUT2D eigenvalue weighted by Gasteiger charge is -2.11. The molecule has 3 nitrogen and oxygen atoms in total. The summed E-state index contributed by atoms with van der Waals surface area (Å²) in [4.78, 5) is 11.7. The number of urea groups is 1. The van der Waals surface area contributed by atoms with Crippen LogP contribution in [0.3, 0.4) is 0 Å². The Kier molecular flexibility index (Phi) is 5.26. The number of nitrogens with one attached hydrogen (secondary N) is 2. The molecule has 2 aromatic carbocycles. The van der Waals surface area contributed by atoms with Crippen LogP contribution in [0.1, 0.15) is 16.7 Å². The van der Waals surface area contributed by atoms with E-state index < -0.39 is 17.8 Å². The topological polar surface area (TPSA) is 41.1 Å². The number of hydrogen-bond acceptors (Lipinski definition) is 1. The van der Waals surface area contributed by atoms with Gasteiger partial charge in [0, 0.05) is 12.2 Å². The summed E-state index contributed by atoms with van der Waals surface area (Å²) < 4.78 is 37.8. The number of carbonyl (C=O) groups excluding carboxylic acids is 1. The summed E-state index contributed by atoms with van der Waals surface area (Å²) in [5.41, 5.74) is 1.56. The molecule has 6 heteroatoms. The molecule has 0 aliphatic carbocycles. The lowest BCUT2D eigenvalue weighted by Crippen LogP contribution is -2.30. The van der Waals surface area contributed by atoms with E-state index >= 15 is 0 Å².